The van der Waals surface area contributed by atoms with Gasteiger partial charge in [0.1, 0.15) is 5.82 Å². The van der Waals surface area contributed by atoms with Crippen molar-refractivity contribution in [2.75, 3.05) is 20.1 Å². The van der Waals surface area contributed by atoms with Crippen LogP contribution in [0.4, 0.5) is 0 Å². The Morgan fingerprint density at radius 3 is 2.95 bits per heavy atom. The Morgan fingerprint density at radius 2 is 2.20 bits per heavy atom. The molecule has 1 unspecified atom stereocenters. The minimum absolute atomic E-state index is 0.00574. The van der Waals surface area contributed by atoms with Gasteiger partial charge in [0.25, 0.3) is 0 Å². The first-order valence-electron chi connectivity index (χ1n) is 7.06. The molecule has 108 valence electrons. The van der Waals surface area contributed by atoms with Crippen LogP contribution in [0, 0.1) is 5.92 Å². The second-order valence-electron chi connectivity index (χ2n) is 5.05. The van der Waals surface area contributed by atoms with Crippen LogP contribution in [0.25, 0.3) is 11.0 Å². The van der Waals surface area contributed by atoms with E-state index in [1.165, 1.54) is 0 Å². The van der Waals surface area contributed by atoms with Crippen molar-refractivity contribution in [2.45, 2.75) is 19.8 Å². The highest BCUT2D eigenvalue weighted by Crippen LogP contribution is 2.11. The van der Waals surface area contributed by atoms with Gasteiger partial charge in [0.2, 0.25) is 5.91 Å². The van der Waals surface area contributed by atoms with Crippen molar-refractivity contribution in [2.24, 2.45) is 5.92 Å². The molecule has 20 heavy (non-hydrogen) atoms. The monoisotopic (exact) mass is 274 g/mol. The highest BCUT2D eigenvalue weighted by molar-refractivity contribution is 5.78. The molecule has 1 aromatic carbocycles. The van der Waals surface area contributed by atoms with Crippen LogP contribution in [0.5, 0.6) is 0 Å². The zero-order chi connectivity index (χ0) is 14.4. The zero-order valence-electron chi connectivity index (χ0n) is 12.1. The van der Waals surface area contributed by atoms with Gasteiger partial charge in [-0.05, 0) is 25.6 Å². The number of carbonyl (C=O) groups is 1. The summed E-state index contributed by atoms with van der Waals surface area (Å²) in [4.78, 5) is 19.5. The fourth-order valence-corrected chi connectivity index (χ4v) is 2.16. The van der Waals surface area contributed by atoms with Gasteiger partial charge in [0.05, 0.1) is 11.0 Å². The van der Waals surface area contributed by atoms with E-state index in [9.17, 15) is 4.79 Å². The number of rotatable bonds is 7. The van der Waals surface area contributed by atoms with E-state index >= 15 is 0 Å². The largest absolute Gasteiger partial charge is 0.356 e. The van der Waals surface area contributed by atoms with Crippen LogP contribution in [0.1, 0.15) is 19.2 Å². The molecule has 0 spiro atoms. The van der Waals surface area contributed by atoms with Gasteiger partial charge in [0, 0.05) is 25.4 Å². The highest BCUT2D eigenvalue weighted by Gasteiger charge is 2.10. The molecule has 2 rings (SSSR count). The summed E-state index contributed by atoms with van der Waals surface area (Å²) in [6, 6.07) is 7.99. The minimum Gasteiger partial charge on any atom is -0.356 e. The van der Waals surface area contributed by atoms with Gasteiger partial charge < -0.3 is 15.6 Å². The maximum atomic E-state index is 11.7. The highest BCUT2D eigenvalue weighted by atomic mass is 16.1. The van der Waals surface area contributed by atoms with Gasteiger partial charge in [-0.25, -0.2) is 4.98 Å². The van der Waals surface area contributed by atoms with E-state index in [-0.39, 0.29) is 11.8 Å². The third kappa shape index (κ3) is 3.81. The fraction of sp³-hybridized carbons (Fsp3) is 0.467. The van der Waals surface area contributed by atoms with E-state index < -0.39 is 0 Å². The van der Waals surface area contributed by atoms with Crippen LogP contribution in [0.2, 0.25) is 0 Å². The van der Waals surface area contributed by atoms with Gasteiger partial charge in [-0.2, -0.15) is 0 Å². The normalized spacial score (nSPS) is 12.5. The molecule has 3 N–H and O–H groups in total. The molecule has 0 saturated carbocycles. The number of hydrogen-bond acceptors (Lipinski definition) is 3. The predicted octanol–water partition coefficient (Wildman–Crippen LogP) is 1.47. The second-order valence-corrected chi connectivity index (χ2v) is 5.05. The molecule has 1 atom stereocenters. The van der Waals surface area contributed by atoms with Gasteiger partial charge >= 0.3 is 0 Å². The number of aromatic amines is 1. The second kappa shape index (κ2) is 7.05. The molecule has 5 nitrogen and oxygen atoms in total. The van der Waals surface area contributed by atoms with Crippen molar-refractivity contribution < 1.29 is 4.79 Å². The Kier molecular flexibility index (Phi) is 5.12. The number of nitrogens with one attached hydrogen (secondary N) is 3. The van der Waals surface area contributed by atoms with Crippen molar-refractivity contribution in [3.05, 3.63) is 30.1 Å². The first-order valence-corrected chi connectivity index (χ1v) is 7.06. The third-order valence-electron chi connectivity index (χ3n) is 3.29. The van der Waals surface area contributed by atoms with Crippen LogP contribution >= 0.6 is 0 Å². The SMILES string of the molecule is CNCC(C)C(=O)NCCCc1nc2ccccc2[nH]1. The molecule has 0 aliphatic rings. The van der Waals surface area contributed by atoms with Crippen molar-refractivity contribution in [1.29, 1.82) is 0 Å². The molecular weight excluding hydrogens is 252 g/mol. The van der Waals surface area contributed by atoms with E-state index in [1.807, 2.05) is 38.2 Å². The van der Waals surface area contributed by atoms with E-state index in [2.05, 4.69) is 20.6 Å². The number of fused-ring (bicyclic) bond motifs is 1. The molecule has 0 bridgehead atoms. The average Bonchev–Trinajstić information content (AvgIpc) is 2.86. The number of amides is 1. The summed E-state index contributed by atoms with van der Waals surface area (Å²) >= 11 is 0. The van der Waals surface area contributed by atoms with E-state index in [0.29, 0.717) is 13.1 Å². The standard InChI is InChI=1S/C15H22N4O/c1-11(10-16-2)15(20)17-9-5-8-14-18-12-6-3-4-7-13(12)19-14/h3-4,6-7,11,16H,5,8-10H2,1-2H3,(H,17,20)(H,18,19). The molecule has 0 saturated heterocycles. The zero-order valence-corrected chi connectivity index (χ0v) is 12.1. The molecule has 0 aliphatic carbocycles. The average molecular weight is 274 g/mol. The number of H-pyrrole nitrogens is 1. The number of imidazole rings is 1. The Hall–Kier alpha value is -1.88. The fourth-order valence-electron chi connectivity index (χ4n) is 2.16. The molecular formula is C15H22N4O. The minimum atomic E-state index is 0.00574. The number of aromatic nitrogens is 2. The summed E-state index contributed by atoms with van der Waals surface area (Å²) in [5, 5.41) is 5.95. The van der Waals surface area contributed by atoms with Gasteiger partial charge in [0.15, 0.2) is 0 Å². The number of carbonyl (C=O) groups excluding carboxylic acids is 1. The molecule has 2 aromatic rings. The van der Waals surface area contributed by atoms with Gasteiger partial charge in [-0.15, -0.1) is 0 Å². The summed E-state index contributed by atoms with van der Waals surface area (Å²) in [6.45, 7) is 3.31. The quantitative estimate of drug-likeness (QED) is 0.670. The number of nitrogens with zero attached hydrogens (tertiary/aromatic N) is 1. The van der Waals surface area contributed by atoms with Crippen LogP contribution < -0.4 is 10.6 Å². The Morgan fingerprint density at radius 1 is 1.40 bits per heavy atom. The van der Waals surface area contributed by atoms with Crippen LogP contribution in [-0.4, -0.2) is 36.0 Å². The predicted molar refractivity (Wildman–Crippen MR) is 80.5 cm³/mol. The summed E-state index contributed by atoms with van der Waals surface area (Å²) in [6.07, 6.45) is 1.73. The molecule has 5 heteroatoms. The number of benzene rings is 1. The molecule has 0 aliphatic heterocycles. The lowest BCUT2D eigenvalue weighted by atomic mass is 10.1. The Labute approximate surface area is 119 Å². The van der Waals surface area contributed by atoms with Crippen LogP contribution in [0.3, 0.4) is 0 Å². The van der Waals surface area contributed by atoms with Crippen molar-refractivity contribution in [3.8, 4) is 0 Å². The smallest absolute Gasteiger partial charge is 0.224 e. The first kappa shape index (κ1) is 14.5. The molecule has 0 fully saturated rings. The molecule has 1 amide bonds. The Balaban J connectivity index is 1.74. The summed E-state index contributed by atoms with van der Waals surface area (Å²) < 4.78 is 0. The van der Waals surface area contributed by atoms with Crippen LogP contribution in [-0.2, 0) is 11.2 Å². The maximum absolute atomic E-state index is 11.7. The summed E-state index contributed by atoms with van der Waals surface area (Å²) in [7, 11) is 1.85. The maximum Gasteiger partial charge on any atom is 0.224 e. The molecule has 1 aromatic heterocycles. The number of hydrogen-bond donors (Lipinski definition) is 3. The topological polar surface area (TPSA) is 69.8 Å². The van der Waals surface area contributed by atoms with E-state index in [1.54, 1.807) is 0 Å². The summed E-state index contributed by atoms with van der Waals surface area (Å²) in [5.74, 6) is 1.08. The van der Waals surface area contributed by atoms with Crippen LogP contribution in [0.15, 0.2) is 24.3 Å². The lowest BCUT2D eigenvalue weighted by Gasteiger charge is -2.10. The van der Waals surface area contributed by atoms with E-state index in [4.69, 9.17) is 0 Å². The molecule has 0 radical (unpaired) electrons. The van der Waals surface area contributed by atoms with Gasteiger partial charge in [-0.1, -0.05) is 19.1 Å². The van der Waals surface area contributed by atoms with Crippen molar-refractivity contribution >= 4 is 16.9 Å². The lowest BCUT2D eigenvalue weighted by molar-refractivity contribution is -0.124. The number of aryl methyl sites for hydroxylation is 1. The summed E-state index contributed by atoms with van der Waals surface area (Å²) in [5.41, 5.74) is 2.06. The van der Waals surface area contributed by atoms with E-state index in [0.717, 1.165) is 29.7 Å². The molecule has 1 heterocycles. The van der Waals surface area contributed by atoms with Crippen molar-refractivity contribution in [1.82, 2.24) is 20.6 Å². The number of para-hydroxylation sites is 2. The van der Waals surface area contributed by atoms with Crippen molar-refractivity contribution in [3.63, 3.8) is 0 Å². The first-order chi connectivity index (χ1) is 9.70. The lowest BCUT2D eigenvalue weighted by Crippen LogP contribution is -2.34. The Bertz CT molecular complexity index is 531. The third-order valence-corrected chi connectivity index (χ3v) is 3.29. The van der Waals surface area contributed by atoms with Gasteiger partial charge in [-0.3, -0.25) is 4.79 Å².